The lowest BCUT2D eigenvalue weighted by Gasteiger charge is -2.33. The van der Waals surface area contributed by atoms with Gasteiger partial charge in [-0.3, -0.25) is 0 Å². The van der Waals surface area contributed by atoms with Crippen molar-refractivity contribution in [3.8, 4) is 0 Å². The van der Waals surface area contributed by atoms with Gasteiger partial charge in [0.15, 0.2) is 0 Å². The van der Waals surface area contributed by atoms with Crippen LogP contribution >= 0.6 is 11.5 Å². The summed E-state index contributed by atoms with van der Waals surface area (Å²) in [6.45, 7) is 7.96. The van der Waals surface area contributed by atoms with Gasteiger partial charge in [0, 0.05) is 6.04 Å². The number of rotatable bonds is 7. The lowest BCUT2D eigenvalue weighted by atomic mass is 9.78. The van der Waals surface area contributed by atoms with E-state index in [-0.39, 0.29) is 0 Å². The molecule has 1 N–H and O–H groups in total. The first-order valence-corrected chi connectivity index (χ1v) is 9.08. The molecule has 4 heteroatoms. The Balaban J connectivity index is 2.15. The first-order valence-electron chi connectivity index (χ1n) is 8.30. The van der Waals surface area contributed by atoms with Crippen molar-refractivity contribution in [1.82, 2.24) is 14.9 Å². The molecule has 3 atom stereocenters. The van der Waals surface area contributed by atoms with Crippen molar-refractivity contribution in [3.05, 3.63) is 10.6 Å². The van der Waals surface area contributed by atoms with E-state index in [0.29, 0.717) is 6.04 Å². The van der Waals surface area contributed by atoms with E-state index in [1.165, 1.54) is 42.7 Å². The summed E-state index contributed by atoms with van der Waals surface area (Å²) >= 11 is 1.62. The maximum Gasteiger partial charge on any atom is 0.0803 e. The van der Waals surface area contributed by atoms with Gasteiger partial charge < -0.3 is 5.32 Å². The lowest BCUT2D eigenvalue weighted by molar-refractivity contribution is 0.225. The second-order valence-corrected chi connectivity index (χ2v) is 7.08. The zero-order valence-electron chi connectivity index (χ0n) is 13.2. The number of hydrogen-bond donors (Lipinski definition) is 1. The predicted molar refractivity (Wildman–Crippen MR) is 86.1 cm³/mol. The predicted octanol–water partition coefficient (Wildman–Crippen LogP) is 4.36. The molecule has 0 radical (unpaired) electrons. The fourth-order valence-corrected chi connectivity index (χ4v) is 4.28. The number of hydrogen-bond acceptors (Lipinski definition) is 4. The standard InChI is InChI=1S/C16H29N3S/c1-4-7-14-16(20-19-18-14)15(17-10-5-2)13-9-6-8-12(3)11-13/h12-13,15,17H,4-11H2,1-3H3. The summed E-state index contributed by atoms with van der Waals surface area (Å²) in [6.07, 6.45) is 8.90. The van der Waals surface area contributed by atoms with Crippen LogP contribution in [0.5, 0.6) is 0 Å². The summed E-state index contributed by atoms with van der Waals surface area (Å²) < 4.78 is 4.24. The lowest BCUT2D eigenvalue weighted by Crippen LogP contribution is -2.32. The third-order valence-corrected chi connectivity index (χ3v) is 5.27. The molecule has 0 bridgehead atoms. The van der Waals surface area contributed by atoms with Gasteiger partial charge in [-0.15, -0.1) is 5.10 Å². The maximum absolute atomic E-state index is 4.38. The van der Waals surface area contributed by atoms with Crippen molar-refractivity contribution >= 4 is 11.5 Å². The third-order valence-electron chi connectivity index (χ3n) is 4.42. The minimum atomic E-state index is 0.485. The number of aromatic nitrogens is 2. The second-order valence-electron chi connectivity index (χ2n) is 6.30. The maximum atomic E-state index is 4.38. The number of aryl methyl sites for hydroxylation is 1. The van der Waals surface area contributed by atoms with Crippen molar-refractivity contribution in [2.24, 2.45) is 11.8 Å². The van der Waals surface area contributed by atoms with Gasteiger partial charge in [-0.25, -0.2) is 0 Å². The van der Waals surface area contributed by atoms with Crippen molar-refractivity contribution < 1.29 is 0 Å². The van der Waals surface area contributed by atoms with Gasteiger partial charge in [-0.05, 0) is 55.6 Å². The summed E-state index contributed by atoms with van der Waals surface area (Å²) in [4.78, 5) is 1.42. The minimum Gasteiger partial charge on any atom is -0.309 e. The Morgan fingerprint density at radius 3 is 2.85 bits per heavy atom. The van der Waals surface area contributed by atoms with Crippen LogP contribution in [0.15, 0.2) is 0 Å². The van der Waals surface area contributed by atoms with Crippen molar-refractivity contribution in [1.29, 1.82) is 0 Å². The molecule has 0 spiro atoms. The van der Waals surface area contributed by atoms with Gasteiger partial charge in [-0.1, -0.05) is 44.5 Å². The van der Waals surface area contributed by atoms with E-state index in [0.717, 1.165) is 31.2 Å². The van der Waals surface area contributed by atoms with Crippen molar-refractivity contribution in [3.63, 3.8) is 0 Å². The van der Waals surface area contributed by atoms with E-state index in [2.05, 4.69) is 35.7 Å². The van der Waals surface area contributed by atoms with E-state index in [1.54, 1.807) is 11.5 Å². The van der Waals surface area contributed by atoms with Crippen molar-refractivity contribution in [2.45, 2.75) is 71.8 Å². The highest BCUT2D eigenvalue weighted by Crippen LogP contribution is 2.39. The molecule has 1 aromatic rings. The van der Waals surface area contributed by atoms with Gasteiger partial charge in [-0.2, -0.15) is 0 Å². The van der Waals surface area contributed by atoms with Crippen LogP contribution in [-0.4, -0.2) is 16.1 Å². The summed E-state index contributed by atoms with van der Waals surface area (Å²) in [7, 11) is 0. The molecule has 0 saturated heterocycles. The van der Waals surface area contributed by atoms with Crippen LogP contribution in [0.1, 0.15) is 75.9 Å². The quantitative estimate of drug-likeness (QED) is 0.812. The topological polar surface area (TPSA) is 37.8 Å². The fraction of sp³-hybridized carbons (Fsp3) is 0.875. The van der Waals surface area contributed by atoms with Crippen LogP contribution in [0.2, 0.25) is 0 Å². The van der Waals surface area contributed by atoms with E-state index in [9.17, 15) is 0 Å². The van der Waals surface area contributed by atoms with Crippen LogP contribution in [0.25, 0.3) is 0 Å². The zero-order chi connectivity index (χ0) is 14.4. The first-order chi connectivity index (χ1) is 9.76. The van der Waals surface area contributed by atoms with Crippen LogP contribution in [0, 0.1) is 11.8 Å². The van der Waals surface area contributed by atoms with Gasteiger partial charge in [0.25, 0.3) is 0 Å². The molecule has 114 valence electrons. The molecule has 1 aliphatic rings. The molecule has 1 heterocycles. The molecular weight excluding hydrogens is 266 g/mol. The van der Waals surface area contributed by atoms with Crippen LogP contribution in [0.3, 0.4) is 0 Å². The van der Waals surface area contributed by atoms with Gasteiger partial charge >= 0.3 is 0 Å². The molecule has 1 aliphatic carbocycles. The molecular formula is C16H29N3S. The Morgan fingerprint density at radius 2 is 2.15 bits per heavy atom. The Labute approximate surface area is 127 Å². The molecule has 3 nitrogen and oxygen atoms in total. The van der Waals surface area contributed by atoms with E-state index < -0.39 is 0 Å². The van der Waals surface area contributed by atoms with Gasteiger partial charge in [0.1, 0.15) is 0 Å². The molecule has 3 unspecified atom stereocenters. The molecule has 1 aromatic heterocycles. The van der Waals surface area contributed by atoms with Crippen LogP contribution < -0.4 is 5.32 Å². The number of nitrogens with zero attached hydrogens (tertiary/aromatic N) is 2. The summed E-state index contributed by atoms with van der Waals surface area (Å²) in [5.74, 6) is 1.64. The molecule has 0 amide bonds. The second kappa shape index (κ2) is 8.08. The molecule has 0 aliphatic heterocycles. The Hall–Kier alpha value is -0.480. The van der Waals surface area contributed by atoms with Crippen molar-refractivity contribution in [2.75, 3.05) is 6.54 Å². The smallest absolute Gasteiger partial charge is 0.0803 e. The summed E-state index contributed by atoms with van der Waals surface area (Å²) in [5, 5.41) is 8.17. The molecule has 2 rings (SSSR count). The fourth-order valence-electron chi connectivity index (χ4n) is 3.42. The third kappa shape index (κ3) is 4.01. The van der Waals surface area contributed by atoms with Gasteiger partial charge in [0.05, 0.1) is 10.6 Å². The molecule has 0 aromatic carbocycles. The average molecular weight is 295 g/mol. The normalized spacial score (nSPS) is 24.8. The first kappa shape index (κ1) is 15.9. The minimum absolute atomic E-state index is 0.485. The highest BCUT2D eigenvalue weighted by Gasteiger charge is 2.30. The monoisotopic (exact) mass is 295 g/mol. The molecule has 1 saturated carbocycles. The Morgan fingerprint density at radius 1 is 1.30 bits per heavy atom. The molecule has 1 fully saturated rings. The Bertz CT molecular complexity index is 391. The van der Waals surface area contributed by atoms with Gasteiger partial charge in [0.2, 0.25) is 0 Å². The van der Waals surface area contributed by atoms with E-state index in [1.807, 2.05) is 0 Å². The van der Waals surface area contributed by atoms with Crippen LogP contribution in [0.4, 0.5) is 0 Å². The highest BCUT2D eigenvalue weighted by atomic mass is 32.1. The highest BCUT2D eigenvalue weighted by molar-refractivity contribution is 7.05. The van der Waals surface area contributed by atoms with Crippen LogP contribution in [-0.2, 0) is 6.42 Å². The summed E-state index contributed by atoms with van der Waals surface area (Å²) in [6, 6.07) is 0.485. The summed E-state index contributed by atoms with van der Waals surface area (Å²) in [5.41, 5.74) is 1.24. The average Bonchev–Trinajstić information content (AvgIpc) is 2.88. The van der Waals surface area contributed by atoms with E-state index >= 15 is 0 Å². The SMILES string of the molecule is CCCNC(c1snnc1CCC)C1CCCC(C)C1. The number of nitrogens with one attached hydrogen (secondary N) is 1. The Kier molecular flexibility index (Phi) is 6.43. The zero-order valence-corrected chi connectivity index (χ0v) is 14.0. The largest absolute Gasteiger partial charge is 0.309 e. The molecule has 20 heavy (non-hydrogen) atoms. The van der Waals surface area contributed by atoms with E-state index in [4.69, 9.17) is 0 Å².